The van der Waals surface area contributed by atoms with Crippen LogP contribution in [0.1, 0.15) is 85.0 Å². The fourth-order valence-electron chi connectivity index (χ4n) is 9.42. The van der Waals surface area contributed by atoms with E-state index in [2.05, 4.69) is 20.8 Å². The molecule has 35 heavy (non-hydrogen) atoms. The standard InChI is InChI=1S/C26H46O7S2/c1-17(7-6-14-27)21-10-11-22-20-9-8-18-15-19(32-34(4,28)29)12-13-25(18,2)23(20)16-24(26(21,22)3)33-35(5,30)31/h17-24,27H,6-16H2,1-5H3. The zero-order valence-corrected chi connectivity index (χ0v) is 23.7. The zero-order chi connectivity index (χ0) is 25.8. The van der Waals surface area contributed by atoms with Gasteiger partial charge >= 0.3 is 0 Å². The van der Waals surface area contributed by atoms with E-state index in [9.17, 15) is 21.9 Å². The number of hydrogen-bond donors (Lipinski definition) is 1. The molecule has 0 heterocycles. The lowest BCUT2D eigenvalue weighted by molar-refractivity contribution is -0.165. The Bertz CT molecular complexity index is 980. The van der Waals surface area contributed by atoms with Gasteiger partial charge in [0.2, 0.25) is 0 Å². The molecule has 0 aromatic carbocycles. The molecule has 10 unspecified atom stereocenters. The number of hydrogen-bond acceptors (Lipinski definition) is 7. The predicted octanol–water partition coefficient (Wildman–Crippen LogP) is 4.35. The third-order valence-corrected chi connectivity index (χ3v) is 12.1. The van der Waals surface area contributed by atoms with Crippen LogP contribution < -0.4 is 0 Å². The van der Waals surface area contributed by atoms with Crippen molar-refractivity contribution in [3.8, 4) is 0 Å². The van der Waals surface area contributed by atoms with E-state index >= 15 is 0 Å². The van der Waals surface area contributed by atoms with E-state index in [1.54, 1.807) is 0 Å². The van der Waals surface area contributed by atoms with Crippen LogP contribution in [0.2, 0.25) is 0 Å². The highest BCUT2D eigenvalue weighted by molar-refractivity contribution is 7.86. The molecule has 4 fully saturated rings. The highest BCUT2D eigenvalue weighted by Gasteiger charge is 2.65. The minimum Gasteiger partial charge on any atom is -0.396 e. The lowest BCUT2D eigenvalue weighted by Gasteiger charge is -2.63. The van der Waals surface area contributed by atoms with Gasteiger partial charge in [-0.25, -0.2) is 0 Å². The molecule has 0 spiro atoms. The van der Waals surface area contributed by atoms with Crippen LogP contribution in [0.3, 0.4) is 0 Å². The van der Waals surface area contributed by atoms with Gasteiger partial charge in [-0.2, -0.15) is 16.8 Å². The Morgan fingerprint density at radius 2 is 1.60 bits per heavy atom. The Balaban J connectivity index is 1.63. The zero-order valence-electron chi connectivity index (χ0n) is 22.1. The SMILES string of the molecule is CC(CCCO)C1CCC2C3CCC4CC(OS(C)(=O)=O)CCC4(C)C3CC(OS(C)(=O)=O)C12C. The molecule has 4 saturated carbocycles. The average Bonchev–Trinajstić information content (AvgIpc) is 3.09. The Kier molecular flexibility index (Phi) is 7.81. The largest absolute Gasteiger partial charge is 0.396 e. The first kappa shape index (κ1) is 27.8. The second-order valence-corrected chi connectivity index (χ2v) is 16.0. The van der Waals surface area contributed by atoms with E-state index in [-0.39, 0.29) is 29.6 Å². The van der Waals surface area contributed by atoms with Gasteiger partial charge in [0.15, 0.2) is 0 Å². The summed E-state index contributed by atoms with van der Waals surface area (Å²) in [5.41, 5.74) is -0.153. The number of rotatable bonds is 8. The summed E-state index contributed by atoms with van der Waals surface area (Å²) in [7, 11) is -7.09. The molecular formula is C26H46O7S2. The van der Waals surface area contributed by atoms with Crippen molar-refractivity contribution in [2.45, 2.75) is 97.2 Å². The van der Waals surface area contributed by atoms with Gasteiger partial charge in [-0.05, 0) is 105 Å². The molecular weight excluding hydrogens is 488 g/mol. The maximum absolute atomic E-state index is 12.4. The topological polar surface area (TPSA) is 107 Å². The van der Waals surface area contributed by atoms with Gasteiger partial charge in [0.1, 0.15) is 0 Å². The molecule has 0 saturated heterocycles. The summed E-state index contributed by atoms with van der Waals surface area (Å²) < 4.78 is 59.8. The van der Waals surface area contributed by atoms with Crippen molar-refractivity contribution in [2.24, 2.45) is 46.3 Å². The van der Waals surface area contributed by atoms with Gasteiger partial charge in [0, 0.05) is 12.0 Å². The van der Waals surface area contributed by atoms with Crippen molar-refractivity contribution in [2.75, 3.05) is 19.1 Å². The maximum atomic E-state index is 12.4. The third-order valence-electron chi connectivity index (χ3n) is 10.9. The van der Waals surface area contributed by atoms with E-state index in [4.69, 9.17) is 8.37 Å². The fourth-order valence-corrected chi connectivity index (χ4v) is 10.8. The van der Waals surface area contributed by atoms with Gasteiger partial charge in [-0.15, -0.1) is 0 Å². The van der Waals surface area contributed by atoms with Crippen LogP contribution in [-0.4, -0.2) is 53.3 Å². The summed E-state index contributed by atoms with van der Waals surface area (Å²) in [4.78, 5) is 0. The van der Waals surface area contributed by atoms with Crippen LogP contribution in [0.5, 0.6) is 0 Å². The minimum absolute atomic E-state index is 0.0430. The van der Waals surface area contributed by atoms with Gasteiger partial charge in [0.05, 0.1) is 24.7 Å². The fraction of sp³-hybridized carbons (Fsp3) is 1.00. The molecule has 4 aliphatic carbocycles. The quantitative estimate of drug-likeness (QED) is 0.461. The molecule has 0 aliphatic heterocycles. The molecule has 0 aromatic heterocycles. The first-order valence-corrected chi connectivity index (χ1v) is 17.2. The molecule has 9 heteroatoms. The minimum atomic E-state index is -3.61. The summed E-state index contributed by atoms with van der Waals surface area (Å²) in [6.45, 7) is 7.11. The average molecular weight is 535 g/mol. The van der Waals surface area contributed by atoms with Gasteiger partial charge < -0.3 is 5.11 Å². The summed E-state index contributed by atoms with van der Waals surface area (Å²) in [5, 5.41) is 9.39. The van der Waals surface area contributed by atoms with Crippen LogP contribution in [0.25, 0.3) is 0 Å². The van der Waals surface area contributed by atoms with Crippen molar-refractivity contribution < 1.29 is 30.3 Å². The Morgan fingerprint density at radius 1 is 0.914 bits per heavy atom. The number of fused-ring (bicyclic) bond motifs is 5. The summed E-state index contributed by atoms with van der Waals surface area (Å²) in [5.74, 6) is 2.52. The van der Waals surface area contributed by atoms with Gasteiger partial charge in [-0.3, -0.25) is 8.37 Å². The summed E-state index contributed by atoms with van der Waals surface area (Å²) >= 11 is 0. The maximum Gasteiger partial charge on any atom is 0.264 e. The third kappa shape index (κ3) is 5.36. The van der Waals surface area contributed by atoms with Crippen LogP contribution in [0.4, 0.5) is 0 Å². The second-order valence-electron chi connectivity index (χ2n) is 12.8. The van der Waals surface area contributed by atoms with Crippen molar-refractivity contribution in [3.05, 3.63) is 0 Å². The first-order chi connectivity index (χ1) is 16.2. The van der Waals surface area contributed by atoms with Crippen molar-refractivity contribution in [1.82, 2.24) is 0 Å². The van der Waals surface area contributed by atoms with Crippen LogP contribution in [-0.2, 0) is 28.6 Å². The Morgan fingerprint density at radius 3 is 2.23 bits per heavy atom. The smallest absolute Gasteiger partial charge is 0.264 e. The van der Waals surface area contributed by atoms with Crippen LogP contribution >= 0.6 is 0 Å². The lowest BCUT2D eigenvalue weighted by Crippen LogP contribution is -2.59. The summed E-state index contributed by atoms with van der Waals surface area (Å²) in [6.07, 6.45) is 11.0. The molecule has 0 bridgehead atoms. The molecule has 4 rings (SSSR count). The van der Waals surface area contributed by atoms with Crippen LogP contribution in [0.15, 0.2) is 0 Å². The highest BCUT2D eigenvalue weighted by atomic mass is 32.2. The highest BCUT2D eigenvalue weighted by Crippen LogP contribution is 2.69. The van der Waals surface area contributed by atoms with Gasteiger partial charge in [0.25, 0.3) is 20.2 Å². The van der Waals surface area contributed by atoms with E-state index in [0.717, 1.165) is 70.5 Å². The van der Waals surface area contributed by atoms with Crippen molar-refractivity contribution in [1.29, 1.82) is 0 Å². The van der Waals surface area contributed by atoms with E-state index in [1.807, 2.05) is 0 Å². The molecule has 7 nitrogen and oxygen atoms in total. The molecule has 4 aliphatic rings. The van der Waals surface area contributed by atoms with Crippen molar-refractivity contribution >= 4 is 20.2 Å². The normalized spacial score (nSPS) is 44.8. The van der Waals surface area contributed by atoms with Crippen LogP contribution in [0, 0.1) is 46.3 Å². The first-order valence-electron chi connectivity index (χ1n) is 13.6. The van der Waals surface area contributed by atoms with E-state index in [1.165, 1.54) is 6.26 Å². The molecule has 204 valence electrons. The van der Waals surface area contributed by atoms with Crippen molar-refractivity contribution in [3.63, 3.8) is 0 Å². The van der Waals surface area contributed by atoms with Gasteiger partial charge in [-0.1, -0.05) is 20.8 Å². The predicted molar refractivity (Wildman–Crippen MR) is 136 cm³/mol. The Hall–Kier alpha value is -0.220. The molecule has 0 aromatic rings. The summed E-state index contributed by atoms with van der Waals surface area (Å²) in [6, 6.07) is 0. The molecule has 1 N–H and O–H groups in total. The Labute approximate surface area is 213 Å². The van der Waals surface area contributed by atoms with E-state index in [0.29, 0.717) is 35.5 Å². The monoisotopic (exact) mass is 534 g/mol. The number of aliphatic hydroxyl groups excluding tert-OH is 1. The molecule has 0 amide bonds. The lowest BCUT2D eigenvalue weighted by atomic mass is 9.43. The molecule has 10 atom stereocenters. The van der Waals surface area contributed by atoms with E-state index < -0.39 is 20.2 Å². The number of aliphatic hydroxyl groups is 1. The second kappa shape index (κ2) is 9.83. The molecule has 0 radical (unpaired) electrons.